The largest absolute Gasteiger partial charge is 0.504 e. The second kappa shape index (κ2) is 11.2. The van der Waals surface area contributed by atoms with Crippen molar-refractivity contribution in [3.05, 3.63) is 82.9 Å². The molecule has 0 amide bonds. The molecule has 0 aliphatic rings. The van der Waals surface area contributed by atoms with Gasteiger partial charge in [0.1, 0.15) is 11.5 Å². The van der Waals surface area contributed by atoms with Crippen molar-refractivity contribution < 1.29 is 59.3 Å². The fraction of sp³-hybridized carbons (Fsp3) is 0.0667. The minimum Gasteiger partial charge on any atom is -0.504 e. The third-order valence-corrected chi connectivity index (χ3v) is 6.29. The molecule has 6 N–H and O–H groups in total. The van der Waals surface area contributed by atoms with E-state index in [0.29, 0.717) is 11.1 Å². The predicted molar refractivity (Wildman–Crippen MR) is 145 cm³/mol. The van der Waals surface area contributed by atoms with Crippen LogP contribution in [0.5, 0.6) is 46.0 Å². The Morgan fingerprint density at radius 1 is 0.452 bits per heavy atom. The van der Waals surface area contributed by atoms with Crippen molar-refractivity contribution in [3.8, 4) is 57.1 Å². The monoisotopic (exact) mass is 574 g/mol. The first-order chi connectivity index (χ1) is 19.9. The molecule has 0 aliphatic heterocycles. The van der Waals surface area contributed by atoms with E-state index in [2.05, 4.69) is 0 Å². The van der Waals surface area contributed by atoms with E-state index >= 15 is 0 Å². The van der Waals surface area contributed by atoms with Gasteiger partial charge in [-0.25, -0.2) is 0 Å². The maximum absolute atomic E-state index is 12.9. The topological polar surface area (TPSA) is 208 Å². The predicted octanol–water partition coefficient (Wildman–Crippen LogP) is 3.74. The lowest BCUT2D eigenvalue weighted by Crippen LogP contribution is -2.15. The fourth-order valence-electron chi connectivity index (χ4n) is 4.10. The second-order valence-electron chi connectivity index (χ2n) is 8.87. The summed E-state index contributed by atoms with van der Waals surface area (Å²) in [5, 5.41) is 57.7. The van der Waals surface area contributed by atoms with Crippen LogP contribution < -0.4 is 9.47 Å². The van der Waals surface area contributed by atoms with Crippen LogP contribution in [0.3, 0.4) is 0 Å². The molecule has 4 aromatic carbocycles. The molecule has 0 unspecified atom stereocenters. The maximum Gasteiger partial charge on any atom is 0.233 e. The van der Waals surface area contributed by atoms with Crippen LogP contribution in [0.4, 0.5) is 0 Å². The number of carbonyl (C=O) groups excluding carboxylic acids is 4. The molecule has 214 valence electrons. The van der Waals surface area contributed by atoms with Crippen LogP contribution in [0.25, 0.3) is 11.1 Å². The smallest absolute Gasteiger partial charge is 0.233 e. The lowest BCUT2D eigenvalue weighted by Gasteiger charge is -2.15. The van der Waals surface area contributed by atoms with Crippen molar-refractivity contribution in [2.75, 3.05) is 14.2 Å². The highest BCUT2D eigenvalue weighted by atomic mass is 16.5. The molecule has 0 fully saturated rings. The summed E-state index contributed by atoms with van der Waals surface area (Å²) in [5.41, 5.74) is -0.127. The molecular formula is C30H22O12. The van der Waals surface area contributed by atoms with Gasteiger partial charge in [0.2, 0.25) is 23.1 Å². The van der Waals surface area contributed by atoms with Crippen molar-refractivity contribution in [3.63, 3.8) is 0 Å². The summed E-state index contributed by atoms with van der Waals surface area (Å²) < 4.78 is 10.8. The van der Waals surface area contributed by atoms with Crippen LogP contribution in [-0.4, -0.2) is 68.0 Å². The molecular weight excluding hydrogens is 552 g/mol. The molecule has 12 nitrogen and oxygen atoms in total. The first kappa shape index (κ1) is 29.0. The van der Waals surface area contributed by atoms with Crippen molar-refractivity contribution in [1.29, 1.82) is 0 Å². The Kier molecular flexibility index (Phi) is 7.73. The van der Waals surface area contributed by atoms with Crippen LogP contribution in [-0.2, 0) is 0 Å². The summed E-state index contributed by atoms with van der Waals surface area (Å²) >= 11 is 0. The molecule has 0 radical (unpaired) electrons. The van der Waals surface area contributed by atoms with E-state index in [4.69, 9.17) is 9.47 Å². The number of ketones is 4. The quantitative estimate of drug-likeness (QED) is 0.0960. The standard InChI is InChI=1S/C30H22O12/c1-41-23-11-13(25(35)27(37)15-7-19(31)29(39)20(32)8-15)3-5-17(23)18-6-4-14(12-24(18)42-2)26(36)28(38)16-9-21(33)30(40)22(34)10-16/h3-12,31-34,39-40H,1-2H3. The zero-order chi connectivity index (χ0) is 30.9. The number of hydrogen-bond donors (Lipinski definition) is 6. The Morgan fingerprint density at radius 3 is 1.02 bits per heavy atom. The molecule has 4 aromatic rings. The SMILES string of the molecule is COc1cc(C(=O)C(=O)c2cc(O)c(O)c(O)c2)ccc1-c1ccc(C(=O)C(=O)c2cc(O)c(O)c(O)c2)cc1OC. The molecule has 0 bridgehead atoms. The van der Waals surface area contributed by atoms with E-state index in [1.54, 1.807) is 0 Å². The third kappa shape index (κ3) is 5.23. The van der Waals surface area contributed by atoms with Gasteiger partial charge in [-0.2, -0.15) is 0 Å². The average Bonchev–Trinajstić information content (AvgIpc) is 2.99. The summed E-state index contributed by atoms with van der Waals surface area (Å²) in [6, 6.07) is 11.5. The zero-order valence-electron chi connectivity index (χ0n) is 21.9. The summed E-state index contributed by atoms with van der Waals surface area (Å²) in [7, 11) is 2.63. The number of rotatable bonds is 9. The van der Waals surface area contributed by atoms with Gasteiger partial charge >= 0.3 is 0 Å². The Hall–Kier alpha value is -6.04. The molecule has 0 atom stereocenters. The Morgan fingerprint density at radius 2 is 0.738 bits per heavy atom. The first-order valence-electron chi connectivity index (χ1n) is 11.9. The number of aromatic hydroxyl groups is 6. The molecule has 0 aliphatic carbocycles. The highest BCUT2D eigenvalue weighted by Crippen LogP contribution is 2.39. The number of benzene rings is 4. The highest BCUT2D eigenvalue weighted by Gasteiger charge is 2.25. The highest BCUT2D eigenvalue weighted by molar-refractivity contribution is 6.50. The molecule has 42 heavy (non-hydrogen) atoms. The average molecular weight is 574 g/mol. The molecule has 4 rings (SSSR count). The van der Waals surface area contributed by atoms with E-state index in [1.165, 1.54) is 50.6 Å². The maximum atomic E-state index is 12.9. The summed E-state index contributed by atoms with van der Waals surface area (Å²) in [5.74, 6) is -8.69. The van der Waals surface area contributed by atoms with E-state index in [9.17, 15) is 49.8 Å². The van der Waals surface area contributed by atoms with Crippen LogP contribution in [0, 0.1) is 0 Å². The fourth-order valence-corrected chi connectivity index (χ4v) is 4.10. The van der Waals surface area contributed by atoms with Gasteiger partial charge in [-0.05, 0) is 48.5 Å². The Bertz CT molecular complexity index is 1610. The number of phenols is 6. The van der Waals surface area contributed by atoms with Gasteiger partial charge in [-0.3, -0.25) is 19.2 Å². The van der Waals surface area contributed by atoms with Crippen molar-refractivity contribution in [1.82, 2.24) is 0 Å². The second-order valence-corrected chi connectivity index (χ2v) is 8.87. The first-order valence-corrected chi connectivity index (χ1v) is 11.9. The zero-order valence-corrected chi connectivity index (χ0v) is 21.9. The number of ether oxygens (including phenoxy) is 2. The van der Waals surface area contributed by atoms with Gasteiger partial charge in [0.15, 0.2) is 34.5 Å². The lowest BCUT2D eigenvalue weighted by molar-refractivity contribution is 0.0816. The molecule has 0 heterocycles. The summed E-state index contributed by atoms with van der Waals surface area (Å²) in [6.45, 7) is 0. The van der Waals surface area contributed by atoms with Crippen LogP contribution in [0.15, 0.2) is 60.7 Å². The van der Waals surface area contributed by atoms with Crippen molar-refractivity contribution >= 4 is 23.1 Å². The normalized spacial score (nSPS) is 10.6. The van der Waals surface area contributed by atoms with Crippen LogP contribution in [0.2, 0.25) is 0 Å². The van der Waals surface area contributed by atoms with E-state index in [-0.39, 0.29) is 33.8 Å². The van der Waals surface area contributed by atoms with Gasteiger partial charge in [-0.1, -0.05) is 12.1 Å². The molecule has 0 saturated carbocycles. The van der Waals surface area contributed by atoms with Crippen LogP contribution >= 0.6 is 0 Å². The van der Waals surface area contributed by atoms with Crippen molar-refractivity contribution in [2.24, 2.45) is 0 Å². The van der Waals surface area contributed by atoms with E-state index in [1.807, 2.05) is 0 Å². The molecule has 12 heteroatoms. The van der Waals surface area contributed by atoms with Gasteiger partial charge < -0.3 is 40.1 Å². The molecule has 0 aromatic heterocycles. The van der Waals surface area contributed by atoms with Crippen LogP contribution in [0.1, 0.15) is 41.4 Å². The minimum atomic E-state index is -1.07. The Labute approximate surface area is 236 Å². The van der Waals surface area contributed by atoms with E-state index in [0.717, 1.165) is 24.3 Å². The number of phenolic OH excluding ortho intramolecular Hbond substituents is 6. The van der Waals surface area contributed by atoms with Gasteiger partial charge in [0.25, 0.3) is 0 Å². The van der Waals surface area contributed by atoms with E-state index < -0.39 is 57.6 Å². The van der Waals surface area contributed by atoms with Gasteiger partial charge in [0.05, 0.1) is 14.2 Å². The third-order valence-electron chi connectivity index (χ3n) is 6.29. The number of hydrogen-bond acceptors (Lipinski definition) is 12. The van der Waals surface area contributed by atoms with Crippen molar-refractivity contribution in [2.45, 2.75) is 0 Å². The number of methoxy groups -OCH3 is 2. The summed E-state index contributed by atoms with van der Waals surface area (Å²) in [4.78, 5) is 51.2. The summed E-state index contributed by atoms with van der Waals surface area (Å²) in [6.07, 6.45) is 0. The molecule has 0 saturated heterocycles. The number of carbonyl (C=O) groups is 4. The number of Topliss-reactive ketones (excluding diaryl/α,β-unsaturated/α-hetero) is 4. The lowest BCUT2D eigenvalue weighted by atomic mass is 9.95. The van der Waals surface area contributed by atoms with Gasteiger partial charge in [0, 0.05) is 33.4 Å². The van der Waals surface area contributed by atoms with Gasteiger partial charge in [-0.15, -0.1) is 0 Å². The minimum absolute atomic E-state index is 0.0931. The Balaban J connectivity index is 1.66. The molecule has 0 spiro atoms.